The molecule has 3 aromatic rings. The molecule has 1 atom stereocenters. The number of hydrogen-bond donors (Lipinski definition) is 2. The molecule has 0 unspecified atom stereocenters. The van der Waals surface area contributed by atoms with Gasteiger partial charge in [-0.25, -0.2) is 4.79 Å². The summed E-state index contributed by atoms with van der Waals surface area (Å²) < 4.78 is 4.88. The van der Waals surface area contributed by atoms with Crippen molar-refractivity contribution >= 4 is 28.3 Å². The fraction of sp³-hybridized carbons (Fsp3) is 0.100. The summed E-state index contributed by atoms with van der Waals surface area (Å²) >= 11 is 0. The maximum absolute atomic E-state index is 11.9. The minimum Gasteiger partial charge on any atom is -0.453 e. The first-order valence-corrected chi connectivity index (χ1v) is 7.82. The van der Waals surface area contributed by atoms with Crippen molar-refractivity contribution in [2.75, 3.05) is 11.9 Å². The van der Waals surface area contributed by atoms with Gasteiger partial charge in [0.1, 0.15) is 0 Å². The molecular formula is C20H17NO4. The molecule has 0 saturated heterocycles. The van der Waals surface area contributed by atoms with Crippen LogP contribution < -0.4 is 5.32 Å². The van der Waals surface area contributed by atoms with Crippen LogP contribution in [0.15, 0.2) is 72.8 Å². The fourth-order valence-electron chi connectivity index (χ4n) is 2.45. The third kappa shape index (κ3) is 4.22. The molecule has 0 heterocycles. The predicted octanol–water partition coefficient (Wildman–Crippen LogP) is 3.06. The summed E-state index contributed by atoms with van der Waals surface area (Å²) in [5.74, 6) is -1.33. The van der Waals surface area contributed by atoms with Crippen LogP contribution in [0.3, 0.4) is 0 Å². The molecule has 5 nitrogen and oxygen atoms in total. The highest BCUT2D eigenvalue weighted by Gasteiger charge is 2.19. The van der Waals surface area contributed by atoms with Gasteiger partial charge in [-0.05, 0) is 28.5 Å². The Morgan fingerprint density at radius 1 is 0.920 bits per heavy atom. The minimum absolute atomic E-state index is 0.419. The number of fused-ring (bicyclic) bond motifs is 1. The zero-order chi connectivity index (χ0) is 17.6. The molecule has 3 rings (SSSR count). The molecule has 126 valence electrons. The lowest BCUT2D eigenvalue weighted by molar-refractivity contribution is -0.156. The van der Waals surface area contributed by atoms with Crippen LogP contribution in [-0.2, 0) is 14.3 Å². The molecule has 25 heavy (non-hydrogen) atoms. The van der Waals surface area contributed by atoms with Gasteiger partial charge >= 0.3 is 5.97 Å². The number of aliphatic hydroxyl groups excluding tert-OH is 1. The summed E-state index contributed by atoms with van der Waals surface area (Å²) in [6.07, 6.45) is -1.41. The van der Waals surface area contributed by atoms with Gasteiger partial charge in [0.25, 0.3) is 5.91 Å². The highest BCUT2D eigenvalue weighted by Crippen LogP contribution is 2.19. The first kappa shape index (κ1) is 16.7. The van der Waals surface area contributed by atoms with Crippen LogP contribution in [0.5, 0.6) is 0 Å². The highest BCUT2D eigenvalue weighted by atomic mass is 16.5. The van der Waals surface area contributed by atoms with E-state index in [1.54, 1.807) is 36.4 Å². The summed E-state index contributed by atoms with van der Waals surface area (Å²) in [5.41, 5.74) is 1.03. The van der Waals surface area contributed by atoms with Crippen molar-refractivity contribution in [1.29, 1.82) is 0 Å². The number of carbonyl (C=O) groups excluding carboxylic acids is 2. The van der Waals surface area contributed by atoms with E-state index in [1.165, 1.54) is 0 Å². The topological polar surface area (TPSA) is 75.6 Å². The molecule has 2 N–H and O–H groups in total. The molecule has 0 aliphatic heterocycles. The summed E-state index contributed by atoms with van der Waals surface area (Å²) in [6, 6.07) is 21.7. The van der Waals surface area contributed by atoms with E-state index in [4.69, 9.17) is 4.74 Å². The summed E-state index contributed by atoms with van der Waals surface area (Å²) in [5, 5.41) is 14.6. The molecule has 0 bridgehead atoms. The summed E-state index contributed by atoms with van der Waals surface area (Å²) in [4.78, 5) is 23.8. The second-order valence-electron chi connectivity index (χ2n) is 5.53. The number of nitrogens with one attached hydrogen (secondary N) is 1. The molecule has 0 aliphatic rings. The van der Waals surface area contributed by atoms with Crippen molar-refractivity contribution in [1.82, 2.24) is 0 Å². The third-order valence-corrected chi connectivity index (χ3v) is 3.72. The Bertz CT molecular complexity index is 892. The summed E-state index contributed by atoms with van der Waals surface area (Å²) in [6.45, 7) is -0.463. The second-order valence-corrected chi connectivity index (χ2v) is 5.53. The Labute approximate surface area is 144 Å². The average Bonchev–Trinajstić information content (AvgIpc) is 2.66. The van der Waals surface area contributed by atoms with Crippen molar-refractivity contribution in [2.24, 2.45) is 0 Å². The Kier molecular flexibility index (Phi) is 5.06. The minimum atomic E-state index is -1.41. The van der Waals surface area contributed by atoms with Crippen molar-refractivity contribution in [3.8, 4) is 0 Å². The highest BCUT2D eigenvalue weighted by molar-refractivity contribution is 5.95. The SMILES string of the molecule is O=C(COC(=O)[C@@H](O)c1ccccc1)Nc1ccc2ccccc2c1. The van der Waals surface area contributed by atoms with E-state index in [2.05, 4.69) is 5.32 Å². The monoisotopic (exact) mass is 335 g/mol. The van der Waals surface area contributed by atoms with Crippen molar-refractivity contribution in [3.63, 3.8) is 0 Å². The number of esters is 1. The van der Waals surface area contributed by atoms with Crippen LogP contribution >= 0.6 is 0 Å². The van der Waals surface area contributed by atoms with Gasteiger partial charge in [0.2, 0.25) is 0 Å². The number of carbonyl (C=O) groups is 2. The quantitative estimate of drug-likeness (QED) is 0.703. The zero-order valence-electron chi connectivity index (χ0n) is 13.4. The van der Waals surface area contributed by atoms with E-state index in [0.29, 0.717) is 11.3 Å². The van der Waals surface area contributed by atoms with Gasteiger partial charge in [0.15, 0.2) is 12.7 Å². The van der Waals surface area contributed by atoms with Crippen molar-refractivity contribution in [2.45, 2.75) is 6.10 Å². The lowest BCUT2D eigenvalue weighted by atomic mass is 10.1. The molecule has 0 fully saturated rings. The van der Waals surface area contributed by atoms with Gasteiger partial charge in [0, 0.05) is 5.69 Å². The molecular weight excluding hydrogens is 318 g/mol. The van der Waals surface area contributed by atoms with E-state index in [0.717, 1.165) is 10.8 Å². The Hall–Kier alpha value is -3.18. The van der Waals surface area contributed by atoms with Crippen LogP contribution in [0.1, 0.15) is 11.7 Å². The number of amides is 1. The lowest BCUT2D eigenvalue weighted by Crippen LogP contribution is -2.23. The number of hydrogen-bond acceptors (Lipinski definition) is 4. The maximum atomic E-state index is 11.9. The van der Waals surface area contributed by atoms with E-state index in [-0.39, 0.29) is 0 Å². The number of rotatable bonds is 5. The Balaban J connectivity index is 1.56. The van der Waals surface area contributed by atoms with Crippen molar-refractivity contribution in [3.05, 3.63) is 78.4 Å². The van der Waals surface area contributed by atoms with Gasteiger partial charge in [0.05, 0.1) is 0 Å². The lowest BCUT2D eigenvalue weighted by Gasteiger charge is -2.11. The second kappa shape index (κ2) is 7.59. The Morgan fingerprint density at radius 3 is 2.36 bits per heavy atom. The van der Waals surface area contributed by atoms with Gasteiger partial charge in [-0.2, -0.15) is 0 Å². The van der Waals surface area contributed by atoms with E-state index >= 15 is 0 Å². The predicted molar refractivity (Wildman–Crippen MR) is 94.9 cm³/mol. The van der Waals surface area contributed by atoms with E-state index in [1.807, 2.05) is 36.4 Å². The third-order valence-electron chi connectivity index (χ3n) is 3.72. The molecule has 5 heteroatoms. The normalized spacial score (nSPS) is 11.7. The van der Waals surface area contributed by atoms with Crippen LogP contribution in [-0.4, -0.2) is 23.6 Å². The van der Waals surface area contributed by atoms with Gasteiger partial charge in [-0.15, -0.1) is 0 Å². The van der Waals surface area contributed by atoms with E-state index in [9.17, 15) is 14.7 Å². The largest absolute Gasteiger partial charge is 0.453 e. The first-order chi connectivity index (χ1) is 12.1. The maximum Gasteiger partial charge on any atom is 0.340 e. The molecule has 1 amide bonds. The molecule has 0 spiro atoms. The van der Waals surface area contributed by atoms with Crippen LogP contribution in [0.2, 0.25) is 0 Å². The van der Waals surface area contributed by atoms with Crippen LogP contribution in [0.25, 0.3) is 10.8 Å². The molecule has 0 aromatic heterocycles. The summed E-state index contributed by atoms with van der Waals surface area (Å²) in [7, 11) is 0. The van der Waals surface area contributed by atoms with Gasteiger partial charge < -0.3 is 15.2 Å². The Morgan fingerprint density at radius 2 is 1.60 bits per heavy atom. The standard InChI is InChI=1S/C20H17NO4/c22-18(13-25-20(24)19(23)15-7-2-1-3-8-15)21-17-11-10-14-6-4-5-9-16(14)12-17/h1-12,19,23H,13H2,(H,21,22)/t19-/m0/s1. The number of aliphatic hydroxyl groups is 1. The fourth-order valence-corrected chi connectivity index (χ4v) is 2.45. The number of ether oxygens (including phenoxy) is 1. The molecule has 0 aliphatic carbocycles. The van der Waals surface area contributed by atoms with Crippen LogP contribution in [0, 0.1) is 0 Å². The molecule has 3 aromatic carbocycles. The molecule has 0 radical (unpaired) electrons. The van der Waals surface area contributed by atoms with E-state index < -0.39 is 24.6 Å². The zero-order valence-corrected chi connectivity index (χ0v) is 13.4. The van der Waals surface area contributed by atoms with Gasteiger partial charge in [-0.3, -0.25) is 4.79 Å². The number of benzene rings is 3. The van der Waals surface area contributed by atoms with Crippen molar-refractivity contribution < 1.29 is 19.4 Å². The smallest absolute Gasteiger partial charge is 0.340 e. The average molecular weight is 335 g/mol. The number of anilines is 1. The van der Waals surface area contributed by atoms with Crippen LogP contribution in [0.4, 0.5) is 5.69 Å². The molecule has 0 saturated carbocycles. The first-order valence-electron chi connectivity index (χ1n) is 7.82. The van der Waals surface area contributed by atoms with Gasteiger partial charge in [-0.1, -0.05) is 60.7 Å².